The van der Waals surface area contributed by atoms with Crippen molar-refractivity contribution in [2.24, 2.45) is 0 Å². The van der Waals surface area contributed by atoms with E-state index in [4.69, 9.17) is 9.31 Å². The zero-order valence-electron chi connectivity index (χ0n) is 14.5. The van der Waals surface area contributed by atoms with E-state index in [0.29, 0.717) is 0 Å². The molecule has 0 N–H and O–H groups in total. The van der Waals surface area contributed by atoms with Crippen molar-refractivity contribution in [1.29, 1.82) is 0 Å². The second-order valence-corrected chi connectivity index (χ2v) is 7.23. The van der Waals surface area contributed by atoms with Crippen LogP contribution in [0.1, 0.15) is 65.0 Å². The van der Waals surface area contributed by atoms with Crippen molar-refractivity contribution in [3.05, 3.63) is 29.3 Å². The zero-order chi connectivity index (χ0) is 15.7. The van der Waals surface area contributed by atoms with Crippen molar-refractivity contribution in [1.82, 2.24) is 0 Å². The highest BCUT2D eigenvalue weighted by atomic mass is 16.7. The number of aryl methyl sites for hydroxylation is 2. The van der Waals surface area contributed by atoms with E-state index in [1.165, 1.54) is 36.8 Å². The lowest BCUT2D eigenvalue weighted by Crippen LogP contribution is -2.41. The number of benzene rings is 1. The molecule has 0 radical (unpaired) electrons. The van der Waals surface area contributed by atoms with Gasteiger partial charge in [0.2, 0.25) is 0 Å². The summed E-state index contributed by atoms with van der Waals surface area (Å²) in [6, 6.07) is 6.63. The number of hydrogen-bond acceptors (Lipinski definition) is 2. The normalized spacial score (nSPS) is 20.0. The third-order valence-electron chi connectivity index (χ3n) is 4.94. The maximum absolute atomic E-state index is 6.12. The van der Waals surface area contributed by atoms with E-state index in [0.717, 1.165) is 5.46 Å². The van der Waals surface area contributed by atoms with Crippen molar-refractivity contribution in [3.8, 4) is 0 Å². The van der Waals surface area contributed by atoms with Gasteiger partial charge in [-0.05, 0) is 64.1 Å². The van der Waals surface area contributed by atoms with Gasteiger partial charge in [0.25, 0.3) is 0 Å². The second kappa shape index (κ2) is 6.14. The first kappa shape index (κ1) is 16.6. The molecule has 0 saturated carbocycles. The van der Waals surface area contributed by atoms with Crippen LogP contribution in [0, 0.1) is 6.92 Å². The van der Waals surface area contributed by atoms with E-state index in [9.17, 15) is 0 Å². The van der Waals surface area contributed by atoms with Crippen LogP contribution in [-0.2, 0) is 15.7 Å². The summed E-state index contributed by atoms with van der Waals surface area (Å²) in [5.74, 6) is 0. The smallest absolute Gasteiger partial charge is 0.399 e. The molecule has 21 heavy (non-hydrogen) atoms. The van der Waals surface area contributed by atoms with Gasteiger partial charge in [0, 0.05) is 0 Å². The van der Waals surface area contributed by atoms with Gasteiger partial charge < -0.3 is 9.31 Å². The van der Waals surface area contributed by atoms with Crippen molar-refractivity contribution < 1.29 is 9.31 Å². The molecule has 1 aliphatic rings. The molecule has 0 amide bonds. The maximum atomic E-state index is 6.12. The number of hydrogen-bond donors (Lipinski definition) is 0. The van der Waals surface area contributed by atoms with Crippen molar-refractivity contribution >= 4 is 12.6 Å². The lowest BCUT2D eigenvalue weighted by Gasteiger charge is -2.32. The maximum Gasteiger partial charge on any atom is 0.494 e. The molecule has 0 unspecified atom stereocenters. The van der Waals surface area contributed by atoms with Crippen LogP contribution in [0.15, 0.2) is 18.2 Å². The summed E-state index contributed by atoms with van der Waals surface area (Å²) in [5.41, 5.74) is 3.38. The van der Waals surface area contributed by atoms with Gasteiger partial charge in [-0.3, -0.25) is 0 Å². The van der Waals surface area contributed by atoms with Crippen molar-refractivity contribution in [2.75, 3.05) is 0 Å². The van der Waals surface area contributed by atoms with Gasteiger partial charge in [-0.2, -0.15) is 0 Å². The monoisotopic (exact) mass is 288 g/mol. The Morgan fingerprint density at radius 2 is 1.62 bits per heavy atom. The minimum atomic E-state index is -0.272. The van der Waals surface area contributed by atoms with Crippen LogP contribution in [-0.4, -0.2) is 18.3 Å². The predicted octanol–water partition coefficient (Wildman–Crippen LogP) is 4.03. The van der Waals surface area contributed by atoms with E-state index >= 15 is 0 Å². The van der Waals surface area contributed by atoms with Gasteiger partial charge in [-0.1, -0.05) is 38.0 Å². The first-order chi connectivity index (χ1) is 9.77. The van der Waals surface area contributed by atoms with Gasteiger partial charge in [0.05, 0.1) is 11.2 Å². The van der Waals surface area contributed by atoms with Crippen LogP contribution >= 0.6 is 0 Å². The summed E-state index contributed by atoms with van der Waals surface area (Å²) in [7, 11) is -0.251. The Hall–Kier alpha value is -0.795. The Morgan fingerprint density at radius 3 is 2.14 bits per heavy atom. The van der Waals surface area contributed by atoms with Gasteiger partial charge in [0.15, 0.2) is 0 Å². The molecule has 3 heteroatoms. The molecule has 0 aromatic heterocycles. The average molecular weight is 288 g/mol. The van der Waals surface area contributed by atoms with Crippen molar-refractivity contribution in [3.63, 3.8) is 0 Å². The molecule has 1 saturated heterocycles. The topological polar surface area (TPSA) is 18.5 Å². The first-order valence-corrected chi connectivity index (χ1v) is 8.22. The second-order valence-electron chi connectivity index (χ2n) is 7.23. The van der Waals surface area contributed by atoms with Crippen LogP contribution in [0.5, 0.6) is 0 Å². The summed E-state index contributed by atoms with van der Waals surface area (Å²) in [6.45, 7) is 12.8. The van der Waals surface area contributed by atoms with E-state index in [-0.39, 0.29) is 18.3 Å². The van der Waals surface area contributed by atoms with Crippen molar-refractivity contribution in [2.45, 2.75) is 78.4 Å². The molecule has 1 heterocycles. The molecule has 1 aromatic carbocycles. The minimum absolute atomic E-state index is 0.251. The van der Waals surface area contributed by atoms with Gasteiger partial charge in [-0.25, -0.2) is 0 Å². The third-order valence-corrected chi connectivity index (χ3v) is 4.94. The summed E-state index contributed by atoms with van der Waals surface area (Å²) in [5, 5.41) is 0. The average Bonchev–Trinajstić information content (AvgIpc) is 2.60. The molecular weight excluding hydrogens is 259 g/mol. The molecule has 116 valence electrons. The summed E-state index contributed by atoms with van der Waals surface area (Å²) in [4.78, 5) is 0. The molecule has 1 fully saturated rings. The Bertz CT molecular complexity index is 478. The lowest BCUT2D eigenvalue weighted by atomic mass is 9.77. The molecular formula is C18H29BO2. The summed E-state index contributed by atoms with van der Waals surface area (Å²) in [6.07, 6.45) is 5.01. The highest BCUT2D eigenvalue weighted by molar-refractivity contribution is 6.62. The molecule has 0 spiro atoms. The van der Waals surface area contributed by atoms with E-state index in [1.807, 2.05) is 0 Å². The molecule has 1 aliphatic heterocycles. The van der Waals surface area contributed by atoms with E-state index < -0.39 is 0 Å². The van der Waals surface area contributed by atoms with Crippen LogP contribution in [0.25, 0.3) is 0 Å². The predicted molar refractivity (Wildman–Crippen MR) is 90.1 cm³/mol. The Morgan fingerprint density at radius 1 is 1.00 bits per heavy atom. The number of unbranched alkanes of at least 4 members (excludes halogenated alkanes) is 2. The molecule has 2 nitrogen and oxygen atoms in total. The van der Waals surface area contributed by atoms with Crippen LogP contribution in [0.3, 0.4) is 0 Å². The van der Waals surface area contributed by atoms with E-state index in [2.05, 4.69) is 59.7 Å². The van der Waals surface area contributed by atoms with Gasteiger partial charge >= 0.3 is 7.12 Å². The number of rotatable bonds is 5. The fraction of sp³-hybridized carbons (Fsp3) is 0.667. The van der Waals surface area contributed by atoms with Gasteiger partial charge in [-0.15, -0.1) is 0 Å². The fourth-order valence-corrected chi connectivity index (χ4v) is 2.69. The van der Waals surface area contributed by atoms with Crippen LogP contribution < -0.4 is 5.46 Å². The molecule has 0 aliphatic carbocycles. The third kappa shape index (κ3) is 3.52. The lowest BCUT2D eigenvalue weighted by molar-refractivity contribution is 0.00578. The summed E-state index contributed by atoms with van der Waals surface area (Å²) < 4.78 is 12.2. The molecule has 0 bridgehead atoms. The highest BCUT2D eigenvalue weighted by Gasteiger charge is 2.51. The fourth-order valence-electron chi connectivity index (χ4n) is 2.69. The Balaban J connectivity index is 2.11. The quantitative estimate of drug-likeness (QED) is 0.601. The van der Waals surface area contributed by atoms with Crippen LogP contribution in [0.2, 0.25) is 0 Å². The first-order valence-electron chi connectivity index (χ1n) is 8.22. The van der Waals surface area contributed by atoms with Gasteiger partial charge in [0.1, 0.15) is 0 Å². The molecule has 0 atom stereocenters. The minimum Gasteiger partial charge on any atom is -0.399 e. The summed E-state index contributed by atoms with van der Waals surface area (Å²) >= 11 is 0. The standard InChI is InChI=1S/C18H29BO2/c1-7-8-9-10-15-11-12-16(13-14(15)2)19-20-17(3,4)18(5,6)21-19/h11-13H,7-10H2,1-6H3. The highest BCUT2D eigenvalue weighted by Crippen LogP contribution is 2.36. The Kier molecular flexibility index (Phi) is 4.84. The van der Waals surface area contributed by atoms with E-state index in [1.54, 1.807) is 0 Å². The SMILES string of the molecule is CCCCCc1ccc(B2OC(C)(C)C(C)(C)O2)cc1C. The largest absolute Gasteiger partial charge is 0.494 e. The van der Waals surface area contributed by atoms with Crippen LogP contribution in [0.4, 0.5) is 0 Å². The zero-order valence-corrected chi connectivity index (χ0v) is 14.5. The molecule has 1 aromatic rings. The Labute approximate surface area is 130 Å². The molecule has 2 rings (SSSR count).